The van der Waals surface area contributed by atoms with Crippen molar-refractivity contribution < 1.29 is 56.8 Å². The summed E-state index contributed by atoms with van der Waals surface area (Å²) >= 11 is 0. The van der Waals surface area contributed by atoms with Gasteiger partial charge in [0.1, 0.15) is 142 Å². The largest absolute Gasteiger partial charge is 0.481 e. The molecule has 0 saturated carbocycles. The standard InChI is InChI=1S/C85H60N4O12/c1-11-43-90-55-27-35-59(36-28-55)94-69-19-15-21-71(63(69)51-86)98-77-47-65-67(49-79(77)99-72-22-16-20-70(64(72)52-87)95-60-37-29-56(30-38-60)91-44-12-2)85(53-83(65,5)6)54-84(7,8)66-48-78(100-75-25-17-23-73(81(75)88-9)96-61-39-31-57(32-40-61)92-45-13-3)80(50-68(66)85)101-76-26-18-24-74(82(76)89-10)97-62-41-33-58(34-42-62)93-46-14-4/h1-4,15-42,47-50H,43-46,53-54H2,5-8H3. The number of hydrogen-bond acceptors (Lipinski definition) is 14. The van der Waals surface area contributed by atoms with Crippen LogP contribution in [0, 0.1) is 85.2 Å². The van der Waals surface area contributed by atoms with Crippen LogP contribution in [0.3, 0.4) is 0 Å². The van der Waals surface area contributed by atoms with E-state index in [2.05, 4.69) is 73.2 Å². The summed E-state index contributed by atoms with van der Waals surface area (Å²) < 4.78 is 75.8. The molecule has 0 fully saturated rings. The molecule has 2 aliphatic carbocycles. The van der Waals surface area contributed by atoms with Crippen LogP contribution in [0.2, 0.25) is 0 Å². The third kappa shape index (κ3) is 14.3. The summed E-state index contributed by atoms with van der Waals surface area (Å²) in [4.78, 5) is 7.91. The summed E-state index contributed by atoms with van der Waals surface area (Å²) in [7, 11) is 0. The Labute approximate surface area is 585 Å². The number of ether oxygens (including phenoxy) is 12. The predicted molar refractivity (Wildman–Crippen MR) is 380 cm³/mol. The first kappa shape index (κ1) is 67.0. The van der Waals surface area contributed by atoms with Crippen LogP contribution in [0.5, 0.6) is 115 Å². The summed E-state index contributed by atoms with van der Waals surface area (Å²) in [5.74, 6) is 16.0. The van der Waals surface area contributed by atoms with E-state index >= 15 is 0 Å². The van der Waals surface area contributed by atoms with E-state index in [9.17, 15) is 10.5 Å². The Morgan fingerprint density at radius 1 is 0.327 bits per heavy atom. The van der Waals surface area contributed by atoms with Crippen LogP contribution in [-0.4, -0.2) is 26.4 Å². The lowest BCUT2D eigenvalue weighted by Crippen LogP contribution is -2.27. The lowest BCUT2D eigenvalue weighted by molar-refractivity contribution is 0.349. The maximum Gasteiger partial charge on any atom is 0.270 e. The van der Waals surface area contributed by atoms with E-state index in [4.69, 9.17) is 95.7 Å². The number of fused-ring (bicyclic) bond motifs is 4. The Kier molecular flexibility index (Phi) is 19.3. The molecule has 1 spiro atoms. The molecule has 16 heteroatoms. The number of nitriles is 2. The van der Waals surface area contributed by atoms with Gasteiger partial charge in [0.15, 0.2) is 23.0 Å². The third-order valence-corrected chi connectivity index (χ3v) is 16.9. The molecule has 0 aromatic heterocycles. The molecular formula is C85H60N4O12. The van der Waals surface area contributed by atoms with E-state index in [1.807, 2.05) is 24.3 Å². The maximum atomic E-state index is 11.0. The zero-order valence-electron chi connectivity index (χ0n) is 55.2. The van der Waals surface area contributed by atoms with Gasteiger partial charge in [-0.1, -0.05) is 75.6 Å². The zero-order chi connectivity index (χ0) is 70.7. The zero-order valence-corrected chi connectivity index (χ0v) is 55.2. The molecular weight excluding hydrogens is 1270 g/mol. The molecule has 0 saturated heterocycles. The average Bonchev–Trinajstić information content (AvgIpc) is 1.52. The molecule has 12 rings (SSSR count). The molecule has 10 aromatic carbocycles. The fourth-order valence-corrected chi connectivity index (χ4v) is 12.7. The van der Waals surface area contributed by atoms with Gasteiger partial charge < -0.3 is 56.8 Å². The number of para-hydroxylation sites is 2. The SMILES string of the molecule is [C-]#[N+]c1c(Oc2ccc(OCC#C)cc2)cccc1Oc1cc2c(cc1Oc1cccc(Oc3ccc(OCC#C)cc3)c1[N+]#[C-])C1(CC(C)(C)c3cc(Oc4cccc(Oc5ccc(OCC#C)cc5)c4C#N)c(Oc4cccc(Oc5ccc(OCC#C)cc5)c4C#N)cc31)CC2(C)C. The number of rotatable bonds is 24. The molecule has 0 amide bonds. The summed E-state index contributed by atoms with van der Waals surface area (Å²) in [6, 6.07) is 60.0. The number of hydrogen-bond donors (Lipinski definition) is 0. The monoisotopic (exact) mass is 1330 g/mol. The second-order valence-corrected chi connectivity index (χ2v) is 24.5. The second kappa shape index (κ2) is 29.1. The van der Waals surface area contributed by atoms with Crippen molar-refractivity contribution in [1.29, 1.82) is 10.5 Å². The molecule has 0 bridgehead atoms. The van der Waals surface area contributed by atoms with Gasteiger partial charge in [0, 0.05) is 5.41 Å². The van der Waals surface area contributed by atoms with Gasteiger partial charge in [0.2, 0.25) is 0 Å². The molecule has 0 heterocycles. The van der Waals surface area contributed by atoms with Crippen LogP contribution in [0.1, 0.15) is 73.9 Å². The quantitative estimate of drug-likeness (QED) is 0.0414. The van der Waals surface area contributed by atoms with Crippen LogP contribution < -0.4 is 56.8 Å². The molecule has 101 heavy (non-hydrogen) atoms. The summed E-state index contributed by atoms with van der Waals surface area (Å²) in [5, 5.41) is 22.0. The maximum absolute atomic E-state index is 11.0. The highest BCUT2D eigenvalue weighted by Crippen LogP contribution is 2.66. The predicted octanol–water partition coefficient (Wildman–Crippen LogP) is 20.6. The Bertz CT molecular complexity index is 4850. The van der Waals surface area contributed by atoms with E-state index in [1.165, 1.54) is 0 Å². The molecule has 16 nitrogen and oxygen atoms in total. The molecule has 1 atom stereocenters. The Balaban J connectivity index is 0.997. The first-order valence-corrected chi connectivity index (χ1v) is 31.6. The average molecular weight is 1330 g/mol. The summed E-state index contributed by atoms with van der Waals surface area (Å²) in [6.07, 6.45) is 22.8. The normalized spacial score (nSPS) is 13.7. The second-order valence-electron chi connectivity index (χ2n) is 24.5. The molecule has 10 aromatic rings. The lowest BCUT2D eigenvalue weighted by Gasteiger charge is -2.31. The number of benzene rings is 10. The highest BCUT2D eigenvalue weighted by atomic mass is 16.5. The molecule has 0 aliphatic heterocycles. The van der Waals surface area contributed by atoms with Crippen molar-refractivity contribution in [3.8, 4) is 177 Å². The van der Waals surface area contributed by atoms with Crippen LogP contribution in [0.4, 0.5) is 11.4 Å². The van der Waals surface area contributed by atoms with Crippen molar-refractivity contribution in [3.63, 3.8) is 0 Å². The topological polar surface area (TPSA) is 167 Å². The molecule has 492 valence electrons. The van der Waals surface area contributed by atoms with Crippen molar-refractivity contribution >= 4 is 11.4 Å². The highest BCUT2D eigenvalue weighted by molar-refractivity contribution is 5.73. The first-order valence-electron chi connectivity index (χ1n) is 31.6. The minimum Gasteiger partial charge on any atom is -0.481 e. The van der Waals surface area contributed by atoms with Crippen molar-refractivity contribution in [3.05, 3.63) is 250 Å². The van der Waals surface area contributed by atoms with Crippen LogP contribution in [0.15, 0.2) is 194 Å². The van der Waals surface area contributed by atoms with Gasteiger partial charge in [-0.05, 0) is 216 Å². The van der Waals surface area contributed by atoms with Crippen LogP contribution >= 0.6 is 0 Å². The molecule has 1 unspecified atom stereocenters. The lowest BCUT2D eigenvalue weighted by atomic mass is 9.72. The minimum atomic E-state index is -0.822. The fourth-order valence-electron chi connectivity index (χ4n) is 12.7. The Hall–Kier alpha value is -14.0. The van der Waals surface area contributed by atoms with Crippen molar-refractivity contribution in [1.82, 2.24) is 0 Å². The van der Waals surface area contributed by atoms with Gasteiger partial charge in [-0.3, -0.25) is 0 Å². The van der Waals surface area contributed by atoms with Gasteiger partial charge in [-0.25, -0.2) is 9.69 Å². The summed E-state index contributed by atoms with van der Waals surface area (Å²) in [5.41, 5.74) is 1.85. The molecule has 0 N–H and O–H groups in total. The van der Waals surface area contributed by atoms with Crippen LogP contribution in [0.25, 0.3) is 9.69 Å². The van der Waals surface area contributed by atoms with Gasteiger partial charge in [0.25, 0.3) is 11.4 Å². The van der Waals surface area contributed by atoms with E-state index in [-0.39, 0.29) is 118 Å². The highest BCUT2D eigenvalue weighted by Gasteiger charge is 2.57. The first-order chi connectivity index (χ1) is 49.1. The van der Waals surface area contributed by atoms with E-state index < -0.39 is 16.2 Å². The van der Waals surface area contributed by atoms with Crippen molar-refractivity contribution in [2.24, 2.45) is 0 Å². The smallest absolute Gasteiger partial charge is 0.270 e. The van der Waals surface area contributed by atoms with E-state index in [0.717, 1.165) is 22.3 Å². The molecule has 2 aliphatic rings. The number of terminal acetylenes is 4. The van der Waals surface area contributed by atoms with Gasteiger partial charge in [0.05, 0.1) is 13.1 Å². The van der Waals surface area contributed by atoms with Crippen LogP contribution in [-0.2, 0) is 16.2 Å². The van der Waals surface area contributed by atoms with Crippen molar-refractivity contribution in [2.45, 2.75) is 56.8 Å². The Morgan fingerprint density at radius 2 is 0.554 bits per heavy atom. The number of nitrogens with zero attached hydrogens (tertiary/aromatic N) is 4. The summed E-state index contributed by atoms with van der Waals surface area (Å²) in [6.45, 7) is 26.1. The van der Waals surface area contributed by atoms with Gasteiger partial charge in [-0.2, -0.15) is 10.5 Å². The van der Waals surface area contributed by atoms with Gasteiger partial charge in [-0.15, -0.1) is 25.7 Å². The minimum absolute atomic E-state index is 0.0588. The third-order valence-electron chi connectivity index (χ3n) is 16.9. The fraction of sp³-hybridized carbons (Fsp3) is 0.153. The Morgan fingerprint density at radius 3 is 0.822 bits per heavy atom. The van der Waals surface area contributed by atoms with E-state index in [0.29, 0.717) is 58.8 Å². The van der Waals surface area contributed by atoms with Gasteiger partial charge >= 0.3 is 0 Å². The van der Waals surface area contributed by atoms with E-state index in [1.54, 1.807) is 170 Å². The van der Waals surface area contributed by atoms with Crippen molar-refractivity contribution in [2.75, 3.05) is 26.4 Å². The molecule has 0 radical (unpaired) electrons.